The molecule has 0 aliphatic rings. The second-order valence-electron chi connectivity index (χ2n) is 3.81. The van der Waals surface area contributed by atoms with Crippen LogP contribution in [0.5, 0.6) is 0 Å². The molecule has 0 atom stereocenters. The van der Waals surface area contributed by atoms with Gasteiger partial charge in [-0.25, -0.2) is 4.79 Å². The third-order valence-electron chi connectivity index (χ3n) is 2.47. The Labute approximate surface area is 113 Å². The monoisotopic (exact) mass is 285 g/mol. The lowest BCUT2D eigenvalue weighted by Gasteiger charge is -2.01. The molecule has 0 aromatic carbocycles. The molecule has 96 valence electrons. The van der Waals surface area contributed by atoms with Gasteiger partial charge in [-0.05, 0) is 25.1 Å². The van der Waals surface area contributed by atoms with Gasteiger partial charge in [-0.1, -0.05) is 11.6 Å². The highest BCUT2D eigenvalue weighted by molar-refractivity contribution is 7.16. The molecule has 0 bridgehead atoms. The summed E-state index contributed by atoms with van der Waals surface area (Å²) in [5.74, 6) is -0.443. The summed E-state index contributed by atoms with van der Waals surface area (Å²) in [5.41, 5.74) is 0.857. The van der Waals surface area contributed by atoms with E-state index in [1.807, 2.05) is 12.1 Å². The fourth-order valence-electron chi connectivity index (χ4n) is 1.57. The van der Waals surface area contributed by atoms with Crippen molar-refractivity contribution in [2.24, 2.45) is 0 Å². The summed E-state index contributed by atoms with van der Waals surface area (Å²) >= 11 is 7.35. The second-order valence-corrected chi connectivity index (χ2v) is 5.61. The van der Waals surface area contributed by atoms with E-state index in [0.29, 0.717) is 18.8 Å². The number of furan rings is 1. The van der Waals surface area contributed by atoms with Gasteiger partial charge < -0.3 is 14.8 Å². The van der Waals surface area contributed by atoms with Crippen molar-refractivity contribution in [1.82, 2.24) is 5.32 Å². The van der Waals surface area contributed by atoms with Crippen LogP contribution < -0.4 is 5.32 Å². The van der Waals surface area contributed by atoms with Gasteiger partial charge in [0.2, 0.25) is 5.76 Å². The van der Waals surface area contributed by atoms with Gasteiger partial charge in [0.05, 0.1) is 4.34 Å². The van der Waals surface area contributed by atoms with E-state index in [2.05, 4.69) is 5.32 Å². The number of thiophene rings is 1. The number of halogens is 1. The minimum absolute atomic E-state index is 0.0246. The highest BCUT2D eigenvalue weighted by Crippen LogP contribution is 2.21. The minimum Gasteiger partial charge on any atom is -0.475 e. The minimum atomic E-state index is -1.05. The standard InChI is InChI=1S/C12H12ClNO3S/c1-7-8(4-10(17-7)12(15)16)5-14-6-9-2-3-11(13)18-9/h2-4,14H,5-6H2,1H3,(H,15,16). The Bertz CT molecular complexity index is 561. The first kappa shape index (κ1) is 13.1. The lowest BCUT2D eigenvalue weighted by Crippen LogP contribution is -2.11. The van der Waals surface area contributed by atoms with E-state index in [9.17, 15) is 4.79 Å². The van der Waals surface area contributed by atoms with Crippen LogP contribution in [0.1, 0.15) is 26.8 Å². The fraction of sp³-hybridized carbons (Fsp3) is 0.250. The molecule has 0 fully saturated rings. The molecule has 2 N–H and O–H groups in total. The molecule has 2 rings (SSSR count). The zero-order chi connectivity index (χ0) is 13.1. The van der Waals surface area contributed by atoms with E-state index in [1.54, 1.807) is 13.0 Å². The number of carboxylic acids is 1. The number of carboxylic acid groups (broad SMARTS) is 1. The second kappa shape index (κ2) is 5.56. The molecule has 0 spiro atoms. The number of rotatable bonds is 5. The molecular weight excluding hydrogens is 274 g/mol. The average Bonchev–Trinajstić information content (AvgIpc) is 2.87. The van der Waals surface area contributed by atoms with Crippen LogP contribution in [0, 0.1) is 6.92 Å². The summed E-state index contributed by atoms with van der Waals surface area (Å²) in [4.78, 5) is 11.9. The fourth-order valence-corrected chi connectivity index (χ4v) is 2.62. The Kier molecular flexibility index (Phi) is 4.06. The Morgan fingerprint density at radius 1 is 1.50 bits per heavy atom. The normalized spacial score (nSPS) is 10.8. The van der Waals surface area contributed by atoms with Gasteiger partial charge in [-0.2, -0.15) is 0 Å². The molecule has 2 aromatic rings. The quantitative estimate of drug-likeness (QED) is 0.885. The molecule has 2 heterocycles. The zero-order valence-electron chi connectivity index (χ0n) is 9.70. The van der Waals surface area contributed by atoms with Crippen molar-refractivity contribution >= 4 is 28.9 Å². The van der Waals surface area contributed by atoms with Crippen LogP contribution in [0.15, 0.2) is 22.6 Å². The maximum absolute atomic E-state index is 10.7. The maximum atomic E-state index is 10.7. The molecule has 0 unspecified atom stereocenters. The molecule has 0 aliphatic carbocycles. The first-order valence-corrected chi connectivity index (χ1v) is 6.53. The summed E-state index contributed by atoms with van der Waals surface area (Å²) in [7, 11) is 0. The highest BCUT2D eigenvalue weighted by atomic mass is 35.5. The van der Waals surface area contributed by atoms with Crippen LogP contribution in [0.4, 0.5) is 0 Å². The molecule has 4 nitrogen and oxygen atoms in total. The first-order chi connectivity index (χ1) is 8.56. The van der Waals surface area contributed by atoms with E-state index in [1.165, 1.54) is 11.3 Å². The van der Waals surface area contributed by atoms with Gasteiger partial charge in [0, 0.05) is 23.5 Å². The summed E-state index contributed by atoms with van der Waals surface area (Å²) < 4.78 is 5.89. The largest absolute Gasteiger partial charge is 0.475 e. The highest BCUT2D eigenvalue weighted by Gasteiger charge is 2.12. The number of aryl methyl sites for hydroxylation is 1. The number of aromatic carboxylic acids is 1. The molecule has 0 saturated carbocycles. The zero-order valence-corrected chi connectivity index (χ0v) is 11.3. The van der Waals surface area contributed by atoms with Crippen molar-refractivity contribution in [3.05, 3.63) is 44.5 Å². The predicted octanol–water partition coefficient (Wildman–Crippen LogP) is 3.29. The maximum Gasteiger partial charge on any atom is 0.371 e. The smallest absolute Gasteiger partial charge is 0.371 e. The van der Waals surface area contributed by atoms with E-state index < -0.39 is 5.97 Å². The van der Waals surface area contributed by atoms with Crippen molar-refractivity contribution < 1.29 is 14.3 Å². The Morgan fingerprint density at radius 3 is 2.83 bits per heavy atom. The summed E-state index contributed by atoms with van der Waals surface area (Å²) in [5, 5.41) is 12.0. The van der Waals surface area contributed by atoms with Gasteiger partial charge >= 0.3 is 5.97 Å². The molecule has 6 heteroatoms. The third-order valence-corrected chi connectivity index (χ3v) is 3.71. The van der Waals surface area contributed by atoms with Crippen molar-refractivity contribution in [3.63, 3.8) is 0 Å². The Morgan fingerprint density at radius 2 is 2.28 bits per heavy atom. The van der Waals surface area contributed by atoms with Crippen LogP contribution in [0.3, 0.4) is 0 Å². The summed E-state index contributed by atoms with van der Waals surface area (Å²) in [6.07, 6.45) is 0. The first-order valence-electron chi connectivity index (χ1n) is 5.34. The van der Waals surface area contributed by atoms with Crippen LogP contribution in [0.2, 0.25) is 4.34 Å². The third kappa shape index (κ3) is 3.13. The van der Waals surface area contributed by atoms with Crippen molar-refractivity contribution in [2.75, 3.05) is 0 Å². The Balaban J connectivity index is 1.92. The molecule has 2 aromatic heterocycles. The molecule has 18 heavy (non-hydrogen) atoms. The SMILES string of the molecule is Cc1oc(C(=O)O)cc1CNCc1ccc(Cl)s1. The van der Waals surface area contributed by atoms with Gasteiger partial charge in [0.1, 0.15) is 5.76 Å². The lowest BCUT2D eigenvalue weighted by atomic mass is 10.2. The van der Waals surface area contributed by atoms with Crippen LogP contribution in [0.25, 0.3) is 0 Å². The van der Waals surface area contributed by atoms with Gasteiger partial charge in [-0.15, -0.1) is 11.3 Å². The summed E-state index contributed by atoms with van der Waals surface area (Å²) in [6.45, 7) is 3.02. The summed E-state index contributed by atoms with van der Waals surface area (Å²) in [6, 6.07) is 5.37. The topological polar surface area (TPSA) is 62.5 Å². The molecule has 0 amide bonds. The Hall–Kier alpha value is -1.30. The lowest BCUT2D eigenvalue weighted by molar-refractivity contribution is 0.0661. The molecule has 0 saturated heterocycles. The predicted molar refractivity (Wildman–Crippen MR) is 70.3 cm³/mol. The number of hydrogen-bond donors (Lipinski definition) is 2. The van der Waals surface area contributed by atoms with E-state index in [-0.39, 0.29) is 5.76 Å². The van der Waals surface area contributed by atoms with E-state index >= 15 is 0 Å². The van der Waals surface area contributed by atoms with Crippen LogP contribution >= 0.6 is 22.9 Å². The van der Waals surface area contributed by atoms with Gasteiger partial charge in [-0.3, -0.25) is 0 Å². The van der Waals surface area contributed by atoms with Crippen molar-refractivity contribution in [3.8, 4) is 0 Å². The molecule has 0 radical (unpaired) electrons. The molecular formula is C12H12ClNO3S. The van der Waals surface area contributed by atoms with Gasteiger partial charge in [0.15, 0.2) is 0 Å². The number of nitrogens with one attached hydrogen (secondary N) is 1. The van der Waals surface area contributed by atoms with Crippen LogP contribution in [-0.2, 0) is 13.1 Å². The number of carbonyl (C=O) groups is 1. The number of hydrogen-bond acceptors (Lipinski definition) is 4. The average molecular weight is 286 g/mol. The van der Waals surface area contributed by atoms with Gasteiger partial charge in [0.25, 0.3) is 0 Å². The van der Waals surface area contributed by atoms with E-state index in [4.69, 9.17) is 21.1 Å². The van der Waals surface area contributed by atoms with E-state index in [0.717, 1.165) is 14.8 Å². The molecule has 0 aliphatic heterocycles. The van der Waals surface area contributed by atoms with Crippen molar-refractivity contribution in [2.45, 2.75) is 20.0 Å². The van der Waals surface area contributed by atoms with Crippen molar-refractivity contribution in [1.29, 1.82) is 0 Å². The van der Waals surface area contributed by atoms with Crippen LogP contribution in [-0.4, -0.2) is 11.1 Å².